The van der Waals surface area contributed by atoms with Crippen LogP contribution in [-0.2, 0) is 18.3 Å². The van der Waals surface area contributed by atoms with E-state index in [2.05, 4.69) is 15.7 Å². The second-order valence-electron chi connectivity index (χ2n) is 4.57. The van der Waals surface area contributed by atoms with Crippen LogP contribution in [0.4, 0.5) is 4.79 Å². The number of amides is 2. The van der Waals surface area contributed by atoms with Gasteiger partial charge in [-0.25, -0.2) is 4.79 Å². The monoisotopic (exact) mass is 268 g/mol. The van der Waals surface area contributed by atoms with Crippen LogP contribution in [0.1, 0.15) is 19.0 Å². The molecule has 0 saturated heterocycles. The number of aliphatic carboxylic acids is 1. The predicted molar refractivity (Wildman–Crippen MR) is 69.7 cm³/mol. The number of rotatable bonds is 7. The van der Waals surface area contributed by atoms with Crippen molar-refractivity contribution >= 4 is 12.0 Å². The molecule has 1 aromatic heterocycles. The molecule has 7 heteroatoms. The lowest BCUT2D eigenvalue weighted by Crippen LogP contribution is -2.39. The summed E-state index contributed by atoms with van der Waals surface area (Å²) in [5.41, 5.74) is 0.919. The third-order valence-electron chi connectivity index (χ3n) is 2.57. The maximum absolute atomic E-state index is 11.4. The summed E-state index contributed by atoms with van der Waals surface area (Å²) in [5.74, 6) is -0.941. The quantitative estimate of drug-likeness (QED) is 0.665. The number of aromatic nitrogens is 2. The first-order chi connectivity index (χ1) is 8.97. The van der Waals surface area contributed by atoms with Gasteiger partial charge in [0.15, 0.2) is 0 Å². The van der Waals surface area contributed by atoms with Crippen molar-refractivity contribution in [1.29, 1.82) is 0 Å². The zero-order chi connectivity index (χ0) is 14.3. The van der Waals surface area contributed by atoms with Gasteiger partial charge in [0.25, 0.3) is 0 Å². The third-order valence-corrected chi connectivity index (χ3v) is 2.57. The molecule has 0 aliphatic rings. The molecule has 0 aromatic carbocycles. The molecular weight excluding hydrogens is 248 g/mol. The largest absolute Gasteiger partial charge is 0.481 e. The van der Waals surface area contributed by atoms with Gasteiger partial charge in [-0.1, -0.05) is 6.92 Å². The Balaban J connectivity index is 2.12. The Morgan fingerprint density at radius 3 is 2.79 bits per heavy atom. The Hall–Kier alpha value is -2.05. The predicted octanol–water partition coefficient (Wildman–Crippen LogP) is 0.373. The standard InChI is InChI=1S/C12H20N4O3/c1-9(7-11(17)18)8-14-12(19)13-5-3-10-4-6-16(2)15-10/h4,6,9H,3,5,7-8H2,1-2H3,(H,17,18)(H2,13,14,19). The number of carboxylic acid groups (broad SMARTS) is 1. The molecule has 0 aliphatic heterocycles. The lowest BCUT2D eigenvalue weighted by Gasteiger charge is -2.11. The number of carbonyl (C=O) groups is 2. The third kappa shape index (κ3) is 6.44. The van der Waals surface area contributed by atoms with Crippen LogP contribution in [0.25, 0.3) is 0 Å². The molecule has 0 bridgehead atoms. The lowest BCUT2D eigenvalue weighted by molar-refractivity contribution is -0.137. The van der Waals surface area contributed by atoms with Crippen LogP contribution in [0.3, 0.4) is 0 Å². The van der Waals surface area contributed by atoms with Crippen LogP contribution in [0.5, 0.6) is 0 Å². The van der Waals surface area contributed by atoms with Crippen molar-refractivity contribution in [3.63, 3.8) is 0 Å². The van der Waals surface area contributed by atoms with Gasteiger partial charge in [0.05, 0.1) is 5.69 Å². The minimum atomic E-state index is -0.857. The first-order valence-corrected chi connectivity index (χ1v) is 6.19. The molecule has 2 amide bonds. The van der Waals surface area contributed by atoms with Crippen molar-refractivity contribution in [2.24, 2.45) is 13.0 Å². The van der Waals surface area contributed by atoms with E-state index in [4.69, 9.17) is 5.11 Å². The lowest BCUT2D eigenvalue weighted by atomic mass is 10.1. The minimum absolute atomic E-state index is 0.0498. The fourth-order valence-corrected chi connectivity index (χ4v) is 1.60. The summed E-state index contributed by atoms with van der Waals surface area (Å²) in [7, 11) is 1.84. The van der Waals surface area contributed by atoms with E-state index >= 15 is 0 Å². The highest BCUT2D eigenvalue weighted by Gasteiger charge is 2.09. The normalized spacial score (nSPS) is 11.9. The molecule has 19 heavy (non-hydrogen) atoms. The highest BCUT2D eigenvalue weighted by molar-refractivity contribution is 5.74. The van der Waals surface area contributed by atoms with E-state index in [1.807, 2.05) is 19.3 Å². The van der Waals surface area contributed by atoms with Gasteiger partial charge in [-0.2, -0.15) is 5.10 Å². The second-order valence-corrected chi connectivity index (χ2v) is 4.57. The topological polar surface area (TPSA) is 96.3 Å². The number of urea groups is 1. The molecule has 0 aliphatic carbocycles. The summed E-state index contributed by atoms with van der Waals surface area (Å²) < 4.78 is 1.71. The molecule has 1 aromatic rings. The molecule has 1 atom stereocenters. The van der Waals surface area contributed by atoms with Gasteiger partial charge in [0.1, 0.15) is 0 Å². The number of nitrogens with zero attached hydrogens (tertiary/aromatic N) is 2. The van der Waals surface area contributed by atoms with Crippen molar-refractivity contribution in [3.05, 3.63) is 18.0 Å². The van der Waals surface area contributed by atoms with Crippen molar-refractivity contribution in [3.8, 4) is 0 Å². The van der Waals surface area contributed by atoms with Gasteiger partial charge in [-0.15, -0.1) is 0 Å². The Morgan fingerprint density at radius 1 is 1.47 bits per heavy atom. The van der Waals surface area contributed by atoms with E-state index in [1.54, 1.807) is 11.6 Å². The van der Waals surface area contributed by atoms with E-state index in [9.17, 15) is 9.59 Å². The molecule has 7 nitrogen and oxygen atoms in total. The summed E-state index contributed by atoms with van der Waals surface area (Å²) in [6, 6.07) is 1.61. The summed E-state index contributed by atoms with van der Waals surface area (Å²) in [6.07, 6.45) is 2.57. The SMILES string of the molecule is CC(CNC(=O)NCCc1ccn(C)n1)CC(=O)O. The average molecular weight is 268 g/mol. The molecule has 0 fully saturated rings. The fraction of sp³-hybridized carbons (Fsp3) is 0.583. The molecule has 106 valence electrons. The number of hydrogen-bond acceptors (Lipinski definition) is 3. The molecule has 0 radical (unpaired) electrons. The number of carbonyl (C=O) groups excluding carboxylic acids is 1. The highest BCUT2D eigenvalue weighted by atomic mass is 16.4. The first kappa shape index (κ1) is 15.0. The molecule has 1 heterocycles. The summed E-state index contributed by atoms with van der Waals surface area (Å²) in [5, 5.41) is 18.1. The summed E-state index contributed by atoms with van der Waals surface area (Å²) >= 11 is 0. The van der Waals surface area contributed by atoms with E-state index in [0.29, 0.717) is 19.5 Å². The Morgan fingerprint density at radius 2 is 2.21 bits per heavy atom. The maximum Gasteiger partial charge on any atom is 0.314 e. The number of nitrogens with one attached hydrogen (secondary N) is 2. The van der Waals surface area contributed by atoms with E-state index < -0.39 is 5.97 Å². The maximum atomic E-state index is 11.4. The van der Waals surface area contributed by atoms with Crippen LogP contribution in [0, 0.1) is 5.92 Å². The first-order valence-electron chi connectivity index (χ1n) is 6.19. The highest BCUT2D eigenvalue weighted by Crippen LogP contribution is 1.99. The van der Waals surface area contributed by atoms with Gasteiger partial charge >= 0.3 is 12.0 Å². The fourth-order valence-electron chi connectivity index (χ4n) is 1.60. The van der Waals surface area contributed by atoms with Crippen molar-refractivity contribution in [2.75, 3.05) is 13.1 Å². The van der Waals surface area contributed by atoms with Crippen molar-refractivity contribution in [2.45, 2.75) is 19.8 Å². The molecule has 3 N–H and O–H groups in total. The van der Waals surface area contributed by atoms with Crippen LogP contribution in [0.15, 0.2) is 12.3 Å². The molecule has 1 rings (SSSR count). The van der Waals surface area contributed by atoms with E-state index in [0.717, 1.165) is 5.69 Å². The number of carboxylic acids is 1. The van der Waals surface area contributed by atoms with E-state index in [-0.39, 0.29) is 18.4 Å². The Bertz CT molecular complexity index is 430. The average Bonchev–Trinajstić information content (AvgIpc) is 2.71. The molecule has 0 spiro atoms. The Kier molecular flexibility index (Phi) is 5.84. The Labute approximate surface area is 112 Å². The van der Waals surface area contributed by atoms with Gasteiger partial charge in [-0.05, 0) is 12.0 Å². The zero-order valence-corrected chi connectivity index (χ0v) is 11.2. The summed E-state index contributed by atoms with van der Waals surface area (Å²) in [4.78, 5) is 21.9. The molecule has 1 unspecified atom stereocenters. The number of hydrogen-bond donors (Lipinski definition) is 3. The van der Waals surface area contributed by atoms with Gasteiger partial charge < -0.3 is 15.7 Å². The van der Waals surface area contributed by atoms with Crippen LogP contribution < -0.4 is 10.6 Å². The van der Waals surface area contributed by atoms with Gasteiger partial charge in [-0.3, -0.25) is 9.48 Å². The van der Waals surface area contributed by atoms with Crippen LogP contribution in [-0.4, -0.2) is 40.0 Å². The van der Waals surface area contributed by atoms with Gasteiger partial charge in [0.2, 0.25) is 0 Å². The van der Waals surface area contributed by atoms with Crippen LogP contribution in [0.2, 0.25) is 0 Å². The van der Waals surface area contributed by atoms with Crippen LogP contribution >= 0.6 is 0 Å². The van der Waals surface area contributed by atoms with Crippen molar-refractivity contribution in [1.82, 2.24) is 20.4 Å². The number of aryl methyl sites for hydroxylation is 1. The summed E-state index contributed by atoms with van der Waals surface area (Å²) in [6.45, 7) is 2.63. The van der Waals surface area contributed by atoms with E-state index in [1.165, 1.54) is 0 Å². The van der Waals surface area contributed by atoms with Gasteiger partial charge in [0, 0.05) is 39.2 Å². The molecule has 0 saturated carbocycles. The minimum Gasteiger partial charge on any atom is -0.481 e. The zero-order valence-electron chi connectivity index (χ0n) is 11.2. The molecular formula is C12H20N4O3. The second kappa shape index (κ2) is 7.40. The smallest absolute Gasteiger partial charge is 0.314 e. The van der Waals surface area contributed by atoms with Crippen molar-refractivity contribution < 1.29 is 14.7 Å².